The van der Waals surface area contributed by atoms with Crippen LogP contribution in [0.1, 0.15) is 42.5 Å². The van der Waals surface area contributed by atoms with E-state index in [0.717, 1.165) is 32.1 Å². The zero-order chi connectivity index (χ0) is 18.8. The number of nitrogens with one attached hydrogen (secondary N) is 1. The van der Waals surface area contributed by atoms with Crippen LogP contribution in [0.4, 0.5) is 5.69 Å². The summed E-state index contributed by atoms with van der Waals surface area (Å²) in [4.78, 5) is 23.7. The SMILES string of the molecule is COc1cc(C(=O)NC2C3CCCC2CC(N)C3)c([N+](=O)[O-])cc1OC. The van der Waals surface area contributed by atoms with E-state index in [4.69, 9.17) is 15.2 Å². The van der Waals surface area contributed by atoms with Gasteiger partial charge in [0.2, 0.25) is 0 Å². The highest BCUT2D eigenvalue weighted by Crippen LogP contribution is 2.40. The Morgan fingerprint density at radius 1 is 1.19 bits per heavy atom. The number of ether oxygens (including phenoxy) is 2. The van der Waals surface area contributed by atoms with Crippen LogP contribution in [-0.4, -0.2) is 37.1 Å². The van der Waals surface area contributed by atoms with Crippen molar-refractivity contribution in [2.24, 2.45) is 17.6 Å². The third-order valence-electron chi connectivity index (χ3n) is 5.62. The van der Waals surface area contributed by atoms with Gasteiger partial charge in [0, 0.05) is 18.2 Å². The van der Waals surface area contributed by atoms with Crippen molar-refractivity contribution >= 4 is 11.6 Å². The maximum Gasteiger partial charge on any atom is 0.286 e. The molecule has 2 atom stereocenters. The predicted molar refractivity (Wildman–Crippen MR) is 95.5 cm³/mol. The second-order valence-electron chi connectivity index (χ2n) is 7.16. The van der Waals surface area contributed by atoms with Gasteiger partial charge < -0.3 is 20.5 Å². The zero-order valence-corrected chi connectivity index (χ0v) is 15.1. The monoisotopic (exact) mass is 363 g/mol. The highest BCUT2D eigenvalue weighted by atomic mass is 16.6. The van der Waals surface area contributed by atoms with Crippen LogP contribution in [0.5, 0.6) is 11.5 Å². The molecule has 2 bridgehead atoms. The summed E-state index contributed by atoms with van der Waals surface area (Å²) >= 11 is 0. The molecule has 0 heterocycles. The fourth-order valence-corrected chi connectivity index (χ4v) is 4.46. The maximum absolute atomic E-state index is 12.9. The van der Waals surface area contributed by atoms with Gasteiger partial charge in [0.05, 0.1) is 25.2 Å². The topological polar surface area (TPSA) is 117 Å². The number of amides is 1. The quantitative estimate of drug-likeness (QED) is 0.612. The summed E-state index contributed by atoms with van der Waals surface area (Å²) in [6.45, 7) is 0. The molecular weight excluding hydrogens is 338 g/mol. The van der Waals surface area contributed by atoms with Crippen molar-refractivity contribution in [2.75, 3.05) is 14.2 Å². The Balaban J connectivity index is 1.88. The molecule has 2 saturated carbocycles. The Labute approximate surface area is 152 Å². The third-order valence-corrected chi connectivity index (χ3v) is 5.62. The lowest BCUT2D eigenvalue weighted by molar-refractivity contribution is -0.385. The summed E-state index contributed by atoms with van der Waals surface area (Å²) in [5, 5.41) is 14.5. The highest BCUT2D eigenvalue weighted by Gasteiger charge is 2.40. The molecule has 3 rings (SSSR count). The number of hydrogen-bond acceptors (Lipinski definition) is 6. The maximum atomic E-state index is 12.9. The molecule has 2 unspecified atom stereocenters. The summed E-state index contributed by atoms with van der Waals surface area (Å²) in [7, 11) is 2.83. The molecule has 0 radical (unpaired) electrons. The molecule has 8 nitrogen and oxygen atoms in total. The second kappa shape index (κ2) is 7.49. The molecule has 2 fully saturated rings. The molecule has 2 aliphatic carbocycles. The first kappa shape index (κ1) is 18.4. The summed E-state index contributed by atoms with van der Waals surface area (Å²) in [6, 6.07) is 2.79. The molecule has 1 aromatic rings. The van der Waals surface area contributed by atoms with E-state index < -0.39 is 10.8 Å². The number of hydrogen-bond donors (Lipinski definition) is 2. The number of nitro benzene ring substituents is 1. The van der Waals surface area contributed by atoms with Gasteiger partial charge in [0.15, 0.2) is 11.5 Å². The molecule has 2 aliphatic rings. The van der Waals surface area contributed by atoms with Crippen LogP contribution >= 0.6 is 0 Å². The van der Waals surface area contributed by atoms with Crippen LogP contribution in [0, 0.1) is 22.0 Å². The predicted octanol–water partition coefficient (Wildman–Crippen LogP) is 2.25. The first-order chi connectivity index (χ1) is 12.4. The van der Waals surface area contributed by atoms with Crippen molar-refractivity contribution in [3.8, 4) is 11.5 Å². The van der Waals surface area contributed by atoms with Gasteiger partial charge >= 0.3 is 0 Å². The smallest absolute Gasteiger partial charge is 0.286 e. The van der Waals surface area contributed by atoms with Crippen LogP contribution in [0.25, 0.3) is 0 Å². The summed E-state index contributed by atoms with van der Waals surface area (Å²) in [5.41, 5.74) is 5.82. The average Bonchev–Trinajstić information content (AvgIpc) is 2.61. The first-order valence-electron chi connectivity index (χ1n) is 8.91. The van der Waals surface area contributed by atoms with Gasteiger partial charge in [-0.25, -0.2) is 0 Å². The van der Waals surface area contributed by atoms with Crippen molar-refractivity contribution in [1.82, 2.24) is 5.32 Å². The molecule has 0 aromatic heterocycles. The number of methoxy groups -OCH3 is 2. The van der Waals surface area contributed by atoms with E-state index >= 15 is 0 Å². The highest BCUT2D eigenvalue weighted by molar-refractivity contribution is 5.99. The zero-order valence-electron chi connectivity index (χ0n) is 15.1. The Bertz CT molecular complexity index is 694. The van der Waals surface area contributed by atoms with Gasteiger partial charge in [-0.05, 0) is 37.5 Å². The second-order valence-corrected chi connectivity index (χ2v) is 7.16. The first-order valence-corrected chi connectivity index (χ1v) is 8.91. The fourth-order valence-electron chi connectivity index (χ4n) is 4.46. The van der Waals surface area contributed by atoms with E-state index in [1.807, 2.05) is 0 Å². The van der Waals surface area contributed by atoms with Crippen LogP contribution in [0.3, 0.4) is 0 Å². The number of nitrogens with two attached hydrogens (primary N) is 1. The lowest BCUT2D eigenvalue weighted by atomic mass is 9.67. The van der Waals surface area contributed by atoms with E-state index in [1.165, 1.54) is 26.4 Å². The molecular formula is C18H25N3O5. The van der Waals surface area contributed by atoms with Gasteiger partial charge in [0.25, 0.3) is 11.6 Å². The lowest BCUT2D eigenvalue weighted by Gasteiger charge is -2.45. The lowest BCUT2D eigenvalue weighted by Crippen LogP contribution is -2.53. The van der Waals surface area contributed by atoms with Crippen molar-refractivity contribution in [3.05, 3.63) is 27.8 Å². The molecule has 1 aromatic carbocycles. The fraction of sp³-hybridized carbons (Fsp3) is 0.611. The Morgan fingerprint density at radius 3 is 2.31 bits per heavy atom. The summed E-state index contributed by atoms with van der Waals surface area (Å²) < 4.78 is 10.3. The molecule has 0 aliphatic heterocycles. The molecule has 0 spiro atoms. The summed E-state index contributed by atoms with van der Waals surface area (Å²) in [6.07, 6.45) is 4.97. The van der Waals surface area contributed by atoms with Crippen molar-refractivity contribution in [1.29, 1.82) is 0 Å². The van der Waals surface area contributed by atoms with E-state index in [2.05, 4.69) is 5.32 Å². The number of carbonyl (C=O) groups is 1. The van der Waals surface area contributed by atoms with Crippen molar-refractivity contribution in [2.45, 2.75) is 44.2 Å². The largest absolute Gasteiger partial charge is 0.493 e. The Hall–Kier alpha value is -2.35. The number of rotatable bonds is 5. The van der Waals surface area contributed by atoms with Crippen molar-refractivity contribution < 1.29 is 19.2 Å². The van der Waals surface area contributed by atoms with Gasteiger partial charge in [0.1, 0.15) is 5.56 Å². The minimum absolute atomic E-state index is 0.0133. The van der Waals surface area contributed by atoms with Gasteiger partial charge in [-0.15, -0.1) is 0 Å². The standard InChI is InChI=1S/C18H25N3O5/c1-25-15-8-13(14(21(23)24)9-16(15)26-2)18(22)20-17-10-4-3-5-11(17)7-12(19)6-10/h8-12,17H,3-7,19H2,1-2H3,(H,20,22). The van der Waals surface area contributed by atoms with E-state index in [-0.39, 0.29) is 34.8 Å². The van der Waals surface area contributed by atoms with Crippen LogP contribution in [0.15, 0.2) is 12.1 Å². The van der Waals surface area contributed by atoms with E-state index in [9.17, 15) is 14.9 Å². The molecule has 3 N–H and O–H groups in total. The minimum atomic E-state index is -0.575. The van der Waals surface area contributed by atoms with E-state index in [1.54, 1.807) is 0 Å². The van der Waals surface area contributed by atoms with Crippen LogP contribution in [0.2, 0.25) is 0 Å². The minimum Gasteiger partial charge on any atom is -0.493 e. The summed E-state index contributed by atoms with van der Waals surface area (Å²) in [5.74, 6) is 0.724. The third kappa shape index (κ3) is 3.46. The normalized spacial score (nSPS) is 27.5. The van der Waals surface area contributed by atoms with Crippen molar-refractivity contribution in [3.63, 3.8) is 0 Å². The van der Waals surface area contributed by atoms with Crippen LogP contribution in [-0.2, 0) is 0 Å². The van der Waals surface area contributed by atoms with E-state index in [0.29, 0.717) is 11.8 Å². The van der Waals surface area contributed by atoms with Gasteiger partial charge in [-0.1, -0.05) is 6.42 Å². The number of nitro groups is 1. The van der Waals surface area contributed by atoms with Gasteiger partial charge in [-0.3, -0.25) is 14.9 Å². The Morgan fingerprint density at radius 2 is 1.77 bits per heavy atom. The molecule has 0 saturated heterocycles. The number of fused-ring (bicyclic) bond motifs is 2. The molecule has 1 amide bonds. The Kier molecular flexibility index (Phi) is 5.31. The van der Waals surface area contributed by atoms with Gasteiger partial charge in [-0.2, -0.15) is 0 Å². The number of nitrogens with zero attached hydrogens (tertiary/aromatic N) is 1. The molecule has 142 valence electrons. The number of carbonyl (C=O) groups excluding carboxylic acids is 1. The number of benzene rings is 1. The molecule has 26 heavy (non-hydrogen) atoms. The average molecular weight is 363 g/mol. The molecule has 8 heteroatoms. The van der Waals surface area contributed by atoms with Crippen LogP contribution < -0.4 is 20.5 Å².